The summed E-state index contributed by atoms with van der Waals surface area (Å²) in [6.45, 7) is 10.3. The highest BCUT2D eigenvalue weighted by molar-refractivity contribution is 5.74. The van der Waals surface area contributed by atoms with Crippen molar-refractivity contribution in [1.29, 1.82) is 0 Å². The third-order valence-electron chi connectivity index (χ3n) is 8.80. The average molecular weight is 552 g/mol. The third kappa shape index (κ3) is 16.9. The first kappa shape index (κ1) is 34.4. The van der Waals surface area contributed by atoms with Gasteiger partial charge in [0.25, 0.3) is 0 Å². The van der Waals surface area contributed by atoms with Crippen LogP contribution in [0.5, 0.6) is 0 Å². The van der Waals surface area contributed by atoms with Gasteiger partial charge in [-0.15, -0.1) is 0 Å². The molecule has 6 heteroatoms. The summed E-state index contributed by atoms with van der Waals surface area (Å²) in [5.74, 6) is 0. The minimum atomic E-state index is 0.231. The number of urea groups is 1. The molecule has 2 saturated heterocycles. The Kier molecular flexibility index (Phi) is 21.0. The first-order valence-corrected chi connectivity index (χ1v) is 17.1. The van der Waals surface area contributed by atoms with Crippen LogP contribution in [0.1, 0.15) is 135 Å². The highest BCUT2D eigenvalue weighted by atomic mass is 16.5. The summed E-state index contributed by atoms with van der Waals surface area (Å²) in [4.78, 5) is 19.7. The summed E-state index contributed by atoms with van der Waals surface area (Å²) in [7, 11) is 2.00. The van der Waals surface area contributed by atoms with E-state index in [0.717, 1.165) is 84.8 Å². The van der Waals surface area contributed by atoms with E-state index in [1.807, 2.05) is 11.9 Å². The molecule has 2 rings (SSSR count). The Morgan fingerprint density at radius 1 is 0.769 bits per heavy atom. The van der Waals surface area contributed by atoms with Crippen LogP contribution >= 0.6 is 0 Å². The number of carbonyl (C=O) groups is 1. The quantitative estimate of drug-likeness (QED) is 0.121. The Bertz CT molecular complexity index is 570. The van der Waals surface area contributed by atoms with Crippen molar-refractivity contribution in [2.24, 2.45) is 0 Å². The van der Waals surface area contributed by atoms with Gasteiger partial charge in [0.15, 0.2) is 0 Å². The van der Waals surface area contributed by atoms with Gasteiger partial charge in [0.1, 0.15) is 0 Å². The van der Waals surface area contributed by atoms with E-state index in [9.17, 15) is 4.79 Å². The molecule has 1 atom stereocenters. The van der Waals surface area contributed by atoms with Gasteiger partial charge in [-0.3, -0.25) is 4.90 Å². The molecule has 2 aliphatic rings. The smallest absolute Gasteiger partial charge is 0.319 e. The SMILES string of the molecule is CCCCCCCCCCCCCCCCCCN(C)C(=O)N1CCCCC1CCOCCN1CCOCC1. The van der Waals surface area contributed by atoms with Gasteiger partial charge in [0.2, 0.25) is 0 Å². The fourth-order valence-electron chi connectivity index (χ4n) is 6.10. The van der Waals surface area contributed by atoms with Crippen molar-refractivity contribution >= 4 is 6.03 Å². The van der Waals surface area contributed by atoms with E-state index in [1.54, 1.807) is 0 Å². The maximum Gasteiger partial charge on any atom is 0.319 e. The fourth-order valence-corrected chi connectivity index (χ4v) is 6.10. The molecule has 2 fully saturated rings. The van der Waals surface area contributed by atoms with Gasteiger partial charge in [-0.2, -0.15) is 0 Å². The Balaban J connectivity index is 1.42. The van der Waals surface area contributed by atoms with Crippen molar-refractivity contribution in [2.45, 2.75) is 141 Å². The van der Waals surface area contributed by atoms with E-state index in [2.05, 4.69) is 16.7 Å². The number of unbranched alkanes of at least 4 members (excludes halogenated alkanes) is 15. The number of likely N-dealkylation sites (tertiary alicyclic amines) is 1. The van der Waals surface area contributed by atoms with Gasteiger partial charge in [-0.25, -0.2) is 4.79 Å². The molecule has 0 spiro atoms. The summed E-state index contributed by atoms with van der Waals surface area (Å²) in [6.07, 6.45) is 26.6. The number of nitrogens with zero attached hydrogens (tertiary/aromatic N) is 3. The second-order valence-electron chi connectivity index (χ2n) is 12.2. The molecule has 2 heterocycles. The molecule has 0 bridgehead atoms. The van der Waals surface area contributed by atoms with E-state index < -0.39 is 0 Å². The second kappa shape index (κ2) is 23.8. The minimum absolute atomic E-state index is 0.231. The highest BCUT2D eigenvalue weighted by Crippen LogP contribution is 2.21. The number of hydrogen-bond acceptors (Lipinski definition) is 4. The first-order valence-electron chi connectivity index (χ1n) is 17.1. The lowest BCUT2D eigenvalue weighted by molar-refractivity contribution is 0.0172. The van der Waals surface area contributed by atoms with Crippen LogP contribution in [0.25, 0.3) is 0 Å². The van der Waals surface area contributed by atoms with Crippen LogP contribution in [0.2, 0.25) is 0 Å². The van der Waals surface area contributed by atoms with Crippen molar-refractivity contribution in [3.8, 4) is 0 Å². The second-order valence-corrected chi connectivity index (χ2v) is 12.2. The van der Waals surface area contributed by atoms with Gasteiger partial charge in [0.05, 0.1) is 19.8 Å². The Morgan fingerprint density at radius 3 is 1.92 bits per heavy atom. The number of rotatable bonds is 23. The van der Waals surface area contributed by atoms with Gasteiger partial charge >= 0.3 is 6.03 Å². The number of morpholine rings is 1. The molecule has 0 saturated carbocycles. The van der Waals surface area contributed by atoms with E-state index in [0.29, 0.717) is 6.04 Å². The van der Waals surface area contributed by atoms with Crippen LogP contribution < -0.4 is 0 Å². The largest absolute Gasteiger partial charge is 0.380 e. The van der Waals surface area contributed by atoms with Crippen LogP contribution in [-0.4, -0.2) is 93.0 Å². The Hall–Kier alpha value is -0.850. The lowest BCUT2D eigenvalue weighted by Gasteiger charge is -2.38. The lowest BCUT2D eigenvalue weighted by atomic mass is 10.00. The number of carbonyl (C=O) groups excluding carboxylic acids is 1. The average Bonchev–Trinajstić information content (AvgIpc) is 2.97. The minimum Gasteiger partial charge on any atom is -0.380 e. The van der Waals surface area contributed by atoms with Crippen molar-refractivity contribution in [2.75, 3.05) is 66.2 Å². The molecule has 0 aromatic heterocycles. The van der Waals surface area contributed by atoms with Crippen LogP contribution in [0.3, 0.4) is 0 Å². The van der Waals surface area contributed by atoms with Crippen molar-refractivity contribution in [3.63, 3.8) is 0 Å². The van der Waals surface area contributed by atoms with Gasteiger partial charge in [-0.1, -0.05) is 103 Å². The molecule has 2 amide bonds. The van der Waals surface area contributed by atoms with E-state index in [4.69, 9.17) is 9.47 Å². The molecule has 1 unspecified atom stereocenters. The van der Waals surface area contributed by atoms with Crippen molar-refractivity contribution in [1.82, 2.24) is 14.7 Å². The number of ether oxygens (including phenoxy) is 2. The van der Waals surface area contributed by atoms with Crippen molar-refractivity contribution < 1.29 is 14.3 Å². The molecule has 0 N–H and O–H groups in total. The summed E-state index contributed by atoms with van der Waals surface area (Å²) in [6, 6.07) is 0.567. The van der Waals surface area contributed by atoms with Crippen LogP contribution in [-0.2, 0) is 9.47 Å². The summed E-state index contributed by atoms with van der Waals surface area (Å²) >= 11 is 0. The third-order valence-corrected chi connectivity index (χ3v) is 8.80. The lowest BCUT2D eigenvalue weighted by Crippen LogP contribution is -2.49. The molecule has 0 aromatic rings. The molecular formula is C33H65N3O3. The molecule has 0 aromatic carbocycles. The highest BCUT2D eigenvalue weighted by Gasteiger charge is 2.28. The standard InChI is InChI=1S/C33H65N3O3/c1-3-4-5-6-7-8-9-10-11-12-13-14-15-16-17-19-23-34(2)33(37)36-24-20-18-21-32(36)22-28-38-29-25-35-26-30-39-31-27-35/h32H,3-31H2,1-2H3. The maximum atomic E-state index is 13.2. The van der Waals surface area contributed by atoms with E-state index >= 15 is 0 Å². The summed E-state index contributed by atoms with van der Waals surface area (Å²) < 4.78 is 11.4. The maximum absolute atomic E-state index is 13.2. The molecular weight excluding hydrogens is 486 g/mol. The number of piperidine rings is 1. The van der Waals surface area contributed by atoms with Gasteiger partial charge < -0.3 is 19.3 Å². The first-order chi connectivity index (χ1) is 19.2. The molecule has 0 radical (unpaired) electrons. The summed E-state index contributed by atoms with van der Waals surface area (Å²) in [5.41, 5.74) is 0. The zero-order valence-electron chi connectivity index (χ0n) is 26.1. The zero-order valence-corrected chi connectivity index (χ0v) is 26.1. The predicted molar refractivity (Wildman–Crippen MR) is 165 cm³/mol. The Labute approximate surface area is 242 Å². The van der Waals surface area contributed by atoms with Crippen LogP contribution in [0.15, 0.2) is 0 Å². The summed E-state index contributed by atoms with van der Waals surface area (Å²) in [5, 5.41) is 0. The monoisotopic (exact) mass is 552 g/mol. The molecule has 2 aliphatic heterocycles. The van der Waals surface area contributed by atoms with Crippen LogP contribution in [0, 0.1) is 0 Å². The zero-order chi connectivity index (χ0) is 27.8. The fraction of sp³-hybridized carbons (Fsp3) is 0.970. The van der Waals surface area contributed by atoms with Crippen molar-refractivity contribution in [3.05, 3.63) is 0 Å². The predicted octanol–water partition coefficient (Wildman–Crippen LogP) is 7.89. The number of hydrogen-bond donors (Lipinski definition) is 0. The van der Waals surface area contributed by atoms with Crippen LogP contribution in [0.4, 0.5) is 4.79 Å². The molecule has 230 valence electrons. The topological polar surface area (TPSA) is 45.2 Å². The molecule has 6 nitrogen and oxygen atoms in total. The molecule has 0 aliphatic carbocycles. The molecule has 39 heavy (non-hydrogen) atoms. The Morgan fingerprint density at radius 2 is 1.33 bits per heavy atom. The van der Waals surface area contributed by atoms with Gasteiger partial charge in [-0.05, 0) is 32.1 Å². The normalized spacial score (nSPS) is 18.5. The van der Waals surface area contributed by atoms with E-state index in [-0.39, 0.29) is 6.03 Å². The number of amides is 2. The van der Waals surface area contributed by atoms with E-state index in [1.165, 1.54) is 103 Å². The van der Waals surface area contributed by atoms with Gasteiger partial charge in [0, 0.05) is 52.4 Å².